The number of aliphatic imine (C=N–C) groups is 1. The molecule has 0 bridgehead atoms. The van der Waals surface area contributed by atoms with Gasteiger partial charge in [0.25, 0.3) is 0 Å². The predicted molar refractivity (Wildman–Crippen MR) is 77.2 cm³/mol. The Bertz CT molecular complexity index is 606. The van der Waals surface area contributed by atoms with Gasteiger partial charge in [-0.1, -0.05) is 0 Å². The molecule has 0 saturated heterocycles. The fraction of sp³-hybridized carbons (Fsp3) is 0.357. The quantitative estimate of drug-likeness (QED) is 0.745. The first-order valence-corrected chi connectivity index (χ1v) is 7.07. The van der Waals surface area contributed by atoms with Gasteiger partial charge in [0.2, 0.25) is 5.91 Å². The van der Waals surface area contributed by atoms with Crippen LogP contribution in [-0.2, 0) is 4.79 Å². The van der Waals surface area contributed by atoms with Crippen molar-refractivity contribution in [3.8, 4) is 0 Å². The van der Waals surface area contributed by atoms with Crippen LogP contribution in [0.15, 0.2) is 39.1 Å². The molecule has 19 heavy (non-hydrogen) atoms. The van der Waals surface area contributed by atoms with Crippen molar-refractivity contribution in [2.45, 2.75) is 13.3 Å². The summed E-state index contributed by atoms with van der Waals surface area (Å²) in [6.07, 6.45) is 2.71. The standard InChI is InChI=1S/C14H14BrN3O/c1-9(19)18-5-3-11-7-17-14(12(11)8-18)10-2-4-16-13(15)6-10/h2,4,6H,3,5,7-8H2,1H3. The van der Waals surface area contributed by atoms with E-state index in [9.17, 15) is 4.79 Å². The maximum Gasteiger partial charge on any atom is 0.219 e. The van der Waals surface area contributed by atoms with Crippen LogP contribution in [0.5, 0.6) is 0 Å². The smallest absolute Gasteiger partial charge is 0.219 e. The molecule has 3 rings (SSSR count). The Morgan fingerprint density at radius 1 is 1.47 bits per heavy atom. The van der Waals surface area contributed by atoms with E-state index in [1.54, 1.807) is 13.1 Å². The predicted octanol–water partition coefficient (Wildman–Crippen LogP) is 2.20. The molecule has 0 aliphatic carbocycles. The Morgan fingerprint density at radius 3 is 3.05 bits per heavy atom. The second-order valence-corrected chi connectivity index (χ2v) is 5.62. The fourth-order valence-electron chi connectivity index (χ4n) is 2.57. The third-order valence-electron chi connectivity index (χ3n) is 3.62. The SMILES string of the molecule is CC(=O)N1CCC2=C(C1)C(c1ccnc(Br)c1)=NC2. The summed E-state index contributed by atoms with van der Waals surface area (Å²) in [5.41, 5.74) is 4.68. The van der Waals surface area contributed by atoms with Crippen LogP contribution in [0, 0.1) is 0 Å². The summed E-state index contributed by atoms with van der Waals surface area (Å²) in [7, 11) is 0. The molecule has 1 amide bonds. The zero-order valence-electron chi connectivity index (χ0n) is 10.7. The lowest BCUT2D eigenvalue weighted by Gasteiger charge is -2.27. The van der Waals surface area contributed by atoms with E-state index in [1.165, 1.54) is 11.1 Å². The van der Waals surface area contributed by atoms with Gasteiger partial charge in [0, 0.05) is 31.8 Å². The zero-order valence-corrected chi connectivity index (χ0v) is 12.3. The van der Waals surface area contributed by atoms with Gasteiger partial charge < -0.3 is 4.90 Å². The summed E-state index contributed by atoms with van der Waals surface area (Å²) in [6.45, 7) is 3.90. The molecule has 0 aromatic carbocycles. The molecule has 0 atom stereocenters. The fourth-order valence-corrected chi connectivity index (χ4v) is 2.94. The number of aromatic nitrogens is 1. The topological polar surface area (TPSA) is 45.6 Å². The summed E-state index contributed by atoms with van der Waals surface area (Å²) in [4.78, 5) is 22.2. The number of amides is 1. The van der Waals surface area contributed by atoms with Gasteiger partial charge in [-0.3, -0.25) is 9.79 Å². The second kappa shape index (κ2) is 4.89. The highest BCUT2D eigenvalue weighted by molar-refractivity contribution is 9.10. The van der Waals surface area contributed by atoms with Gasteiger partial charge in [-0.05, 0) is 45.6 Å². The van der Waals surface area contributed by atoms with E-state index in [-0.39, 0.29) is 5.91 Å². The van der Waals surface area contributed by atoms with E-state index in [4.69, 9.17) is 0 Å². The first-order valence-electron chi connectivity index (χ1n) is 6.28. The van der Waals surface area contributed by atoms with Crippen molar-refractivity contribution in [3.63, 3.8) is 0 Å². The van der Waals surface area contributed by atoms with Crippen LogP contribution in [0.1, 0.15) is 18.9 Å². The highest BCUT2D eigenvalue weighted by Gasteiger charge is 2.27. The summed E-state index contributed by atoms with van der Waals surface area (Å²) in [5, 5.41) is 0. The Kier molecular flexibility index (Phi) is 3.22. The largest absolute Gasteiger partial charge is 0.338 e. The van der Waals surface area contributed by atoms with E-state index in [0.717, 1.165) is 35.4 Å². The van der Waals surface area contributed by atoms with E-state index >= 15 is 0 Å². The van der Waals surface area contributed by atoms with Gasteiger partial charge in [-0.2, -0.15) is 0 Å². The number of hydrogen-bond donors (Lipinski definition) is 0. The van der Waals surface area contributed by atoms with Gasteiger partial charge in [0.1, 0.15) is 4.60 Å². The average Bonchev–Trinajstić information content (AvgIpc) is 2.81. The number of rotatable bonds is 1. The van der Waals surface area contributed by atoms with Crippen molar-refractivity contribution in [1.29, 1.82) is 0 Å². The minimum atomic E-state index is 0.133. The summed E-state index contributed by atoms with van der Waals surface area (Å²) < 4.78 is 0.806. The van der Waals surface area contributed by atoms with Crippen LogP contribution >= 0.6 is 15.9 Å². The molecule has 5 heteroatoms. The van der Waals surface area contributed by atoms with Gasteiger partial charge in [0.05, 0.1) is 12.3 Å². The van der Waals surface area contributed by atoms with E-state index in [2.05, 4.69) is 25.9 Å². The maximum absolute atomic E-state index is 11.5. The number of pyridine rings is 1. The molecule has 0 unspecified atom stereocenters. The van der Waals surface area contributed by atoms with Crippen molar-refractivity contribution < 1.29 is 4.79 Å². The van der Waals surface area contributed by atoms with Crippen LogP contribution in [0.4, 0.5) is 0 Å². The zero-order chi connectivity index (χ0) is 13.4. The maximum atomic E-state index is 11.5. The Hall–Kier alpha value is -1.49. The van der Waals surface area contributed by atoms with Crippen molar-refractivity contribution in [2.24, 2.45) is 4.99 Å². The van der Waals surface area contributed by atoms with E-state index < -0.39 is 0 Å². The normalized spacial score (nSPS) is 18.4. The number of halogens is 1. The first kappa shape index (κ1) is 12.5. The minimum absolute atomic E-state index is 0.133. The summed E-state index contributed by atoms with van der Waals surface area (Å²) >= 11 is 3.39. The highest BCUT2D eigenvalue weighted by atomic mass is 79.9. The monoisotopic (exact) mass is 319 g/mol. The average molecular weight is 320 g/mol. The summed E-state index contributed by atoms with van der Waals surface area (Å²) in [6, 6.07) is 3.94. The third-order valence-corrected chi connectivity index (χ3v) is 4.05. The molecule has 0 fully saturated rings. The molecule has 0 spiro atoms. The van der Waals surface area contributed by atoms with E-state index in [1.807, 2.05) is 17.0 Å². The Balaban J connectivity index is 1.93. The molecule has 0 N–H and O–H groups in total. The first-order chi connectivity index (χ1) is 9.15. The van der Waals surface area contributed by atoms with E-state index in [0.29, 0.717) is 6.54 Å². The molecule has 0 radical (unpaired) electrons. The molecule has 2 aliphatic heterocycles. The third kappa shape index (κ3) is 2.34. The van der Waals surface area contributed by atoms with Crippen LogP contribution < -0.4 is 0 Å². The lowest BCUT2D eigenvalue weighted by Crippen LogP contribution is -2.36. The molecular formula is C14H14BrN3O. The van der Waals surface area contributed by atoms with Crippen molar-refractivity contribution in [3.05, 3.63) is 39.6 Å². The second-order valence-electron chi connectivity index (χ2n) is 4.80. The molecule has 1 aromatic heterocycles. The molecular weight excluding hydrogens is 306 g/mol. The molecule has 1 aromatic rings. The van der Waals surface area contributed by atoms with Gasteiger partial charge >= 0.3 is 0 Å². The van der Waals surface area contributed by atoms with Crippen molar-refractivity contribution in [2.75, 3.05) is 19.6 Å². The molecule has 2 aliphatic rings. The lowest BCUT2D eigenvalue weighted by molar-refractivity contribution is -0.128. The number of hydrogen-bond acceptors (Lipinski definition) is 3. The number of nitrogens with zero attached hydrogens (tertiary/aromatic N) is 3. The Morgan fingerprint density at radius 2 is 2.32 bits per heavy atom. The van der Waals surface area contributed by atoms with Crippen LogP contribution in [0.3, 0.4) is 0 Å². The van der Waals surface area contributed by atoms with Crippen molar-refractivity contribution in [1.82, 2.24) is 9.88 Å². The molecule has 3 heterocycles. The summed E-state index contributed by atoms with van der Waals surface area (Å²) in [5.74, 6) is 0.133. The number of carbonyl (C=O) groups excluding carboxylic acids is 1. The van der Waals surface area contributed by atoms with Gasteiger partial charge in [0.15, 0.2) is 0 Å². The van der Waals surface area contributed by atoms with Gasteiger partial charge in [-0.25, -0.2) is 4.98 Å². The van der Waals surface area contributed by atoms with Gasteiger partial charge in [-0.15, -0.1) is 0 Å². The highest BCUT2D eigenvalue weighted by Crippen LogP contribution is 2.28. The van der Waals surface area contributed by atoms with Crippen LogP contribution in [0.25, 0.3) is 0 Å². The molecule has 98 valence electrons. The number of carbonyl (C=O) groups is 1. The lowest BCUT2D eigenvalue weighted by atomic mass is 9.95. The Labute approximate surface area is 120 Å². The van der Waals surface area contributed by atoms with Crippen LogP contribution in [-0.4, -0.2) is 41.1 Å². The minimum Gasteiger partial charge on any atom is -0.338 e. The molecule has 0 saturated carbocycles. The van der Waals surface area contributed by atoms with Crippen LogP contribution in [0.2, 0.25) is 0 Å². The molecule has 4 nitrogen and oxygen atoms in total. The van der Waals surface area contributed by atoms with Crippen molar-refractivity contribution >= 4 is 27.5 Å².